The fourth-order valence-corrected chi connectivity index (χ4v) is 1.72. The molecular formula is C12H11F3N4O. The van der Waals surface area contributed by atoms with Crippen molar-refractivity contribution in [1.82, 2.24) is 9.78 Å². The van der Waals surface area contributed by atoms with Crippen LogP contribution in [0.15, 0.2) is 18.3 Å². The van der Waals surface area contributed by atoms with Crippen molar-refractivity contribution in [3.05, 3.63) is 46.9 Å². The van der Waals surface area contributed by atoms with E-state index >= 15 is 0 Å². The van der Waals surface area contributed by atoms with Crippen molar-refractivity contribution in [2.24, 2.45) is 12.8 Å². The lowest BCUT2D eigenvalue weighted by Crippen LogP contribution is -2.18. The minimum absolute atomic E-state index is 0.0951. The van der Waals surface area contributed by atoms with E-state index in [1.165, 1.54) is 4.68 Å². The molecule has 8 heteroatoms. The summed E-state index contributed by atoms with van der Waals surface area (Å²) in [5.74, 6) is -4.64. The van der Waals surface area contributed by atoms with Crippen LogP contribution < -0.4 is 11.1 Å². The second-order valence-electron chi connectivity index (χ2n) is 4.08. The highest BCUT2D eigenvalue weighted by molar-refractivity contribution is 6.04. The molecule has 2 aromatic rings. The van der Waals surface area contributed by atoms with Gasteiger partial charge in [-0.05, 0) is 0 Å². The van der Waals surface area contributed by atoms with Crippen LogP contribution in [0.25, 0.3) is 0 Å². The monoisotopic (exact) mass is 284 g/mol. The molecule has 0 radical (unpaired) electrons. The van der Waals surface area contributed by atoms with Crippen molar-refractivity contribution >= 4 is 11.7 Å². The Morgan fingerprint density at radius 1 is 1.35 bits per heavy atom. The second-order valence-corrected chi connectivity index (χ2v) is 4.08. The fraction of sp³-hybridized carbons (Fsp3) is 0.167. The first-order valence-electron chi connectivity index (χ1n) is 5.61. The Balaban J connectivity index is 2.33. The molecule has 106 valence electrons. The average molecular weight is 284 g/mol. The van der Waals surface area contributed by atoms with Crippen LogP contribution >= 0.6 is 0 Å². The number of hydrogen-bond acceptors (Lipinski definition) is 3. The van der Waals surface area contributed by atoms with E-state index in [-0.39, 0.29) is 12.4 Å². The molecule has 1 heterocycles. The molecule has 0 bridgehead atoms. The van der Waals surface area contributed by atoms with E-state index in [2.05, 4.69) is 10.4 Å². The molecule has 0 saturated heterocycles. The first-order valence-corrected chi connectivity index (χ1v) is 5.61. The third-order valence-electron chi connectivity index (χ3n) is 2.59. The van der Waals surface area contributed by atoms with Crippen LogP contribution in [0.2, 0.25) is 0 Å². The summed E-state index contributed by atoms with van der Waals surface area (Å²) in [6.07, 6.45) is 1.56. The summed E-state index contributed by atoms with van der Waals surface area (Å²) in [6.45, 7) is 0.0951. The van der Waals surface area contributed by atoms with Crippen molar-refractivity contribution in [3.8, 4) is 0 Å². The summed E-state index contributed by atoms with van der Waals surface area (Å²) >= 11 is 0. The highest BCUT2D eigenvalue weighted by atomic mass is 19.1. The Morgan fingerprint density at radius 3 is 2.50 bits per heavy atom. The van der Waals surface area contributed by atoms with Crippen molar-refractivity contribution in [3.63, 3.8) is 0 Å². The third-order valence-corrected chi connectivity index (χ3v) is 2.59. The lowest BCUT2D eigenvalue weighted by Gasteiger charge is -2.06. The van der Waals surface area contributed by atoms with Gasteiger partial charge in [0.1, 0.15) is 23.0 Å². The summed E-state index contributed by atoms with van der Waals surface area (Å²) in [7, 11) is 1.61. The molecule has 3 N–H and O–H groups in total. The predicted octanol–water partition coefficient (Wildman–Crippen LogP) is 1.55. The highest BCUT2D eigenvalue weighted by Crippen LogP contribution is 2.18. The molecule has 0 atom stereocenters. The Hall–Kier alpha value is -2.35. The van der Waals surface area contributed by atoms with Crippen molar-refractivity contribution in [2.45, 2.75) is 6.54 Å². The standard InChI is InChI=1S/C12H11F3N4O/c1-19-5-6(4-16)11(18-19)17-12(20)10-8(14)2-7(13)3-9(10)15/h2-3,5H,4,16H2,1H3,(H,17,18,20). The van der Waals surface area contributed by atoms with Gasteiger partial charge in [-0.2, -0.15) is 5.10 Å². The van der Waals surface area contributed by atoms with Gasteiger partial charge >= 0.3 is 0 Å². The summed E-state index contributed by atoms with van der Waals surface area (Å²) < 4.78 is 41.1. The Morgan fingerprint density at radius 2 is 1.95 bits per heavy atom. The van der Waals surface area contributed by atoms with E-state index in [0.29, 0.717) is 17.7 Å². The molecule has 1 amide bonds. The average Bonchev–Trinajstić information content (AvgIpc) is 2.67. The number of nitrogens with one attached hydrogen (secondary N) is 1. The van der Waals surface area contributed by atoms with Crippen LogP contribution in [0.1, 0.15) is 15.9 Å². The number of amides is 1. The highest BCUT2D eigenvalue weighted by Gasteiger charge is 2.20. The zero-order valence-electron chi connectivity index (χ0n) is 10.5. The number of nitrogens with two attached hydrogens (primary N) is 1. The van der Waals surface area contributed by atoms with Gasteiger partial charge in [0, 0.05) is 37.5 Å². The molecule has 20 heavy (non-hydrogen) atoms. The molecule has 0 aliphatic rings. The van der Waals surface area contributed by atoms with Crippen LogP contribution in [-0.2, 0) is 13.6 Å². The second kappa shape index (κ2) is 5.33. The Bertz CT molecular complexity index is 646. The molecule has 1 aromatic carbocycles. The first kappa shape index (κ1) is 14.1. The fourth-order valence-electron chi connectivity index (χ4n) is 1.72. The number of halogens is 3. The summed E-state index contributed by atoms with van der Waals surface area (Å²) in [5, 5.41) is 6.16. The van der Waals surface area contributed by atoms with Crippen LogP contribution in [0.4, 0.5) is 19.0 Å². The number of hydrogen-bond donors (Lipinski definition) is 2. The van der Waals surface area contributed by atoms with Crippen molar-refractivity contribution in [1.29, 1.82) is 0 Å². The third kappa shape index (κ3) is 2.64. The molecule has 0 aliphatic carbocycles. The van der Waals surface area contributed by atoms with Gasteiger partial charge in [-0.25, -0.2) is 13.2 Å². The molecule has 1 aromatic heterocycles. The minimum atomic E-state index is -1.29. The Kier molecular flexibility index (Phi) is 3.75. The van der Waals surface area contributed by atoms with E-state index < -0.39 is 28.9 Å². The maximum absolute atomic E-state index is 13.5. The molecule has 0 aliphatic heterocycles. The van der Waals surface area contributed by atoms with Gasteiger partial charge in [0.25, 0.3) is 5.91 Å². The molecule has 5 nitrogen and oxygen atoms in total. The molecule has 2 rings (SSSR count). The maximum atomic E-state index is 13.5. The number of anilines is 1. The number of aryl methyl sites for hydroxylation is 1. The van der Waals surface area contributed by atoms with E-state index in [1.807, 2.05) is 0 Å². The number of aromatic nitrogens is 2. The van der Waals surface area contributed by atoms with Gasteiger partial charge in [0.15, 0.2) is 5.82 Å². The first-order chi connectivity index (χ1) is 9.42. The van der Waals surface area contributed by atoms with Gasteiger partial charge in [-0.3, -0.25) is 9.48 Å². The normalized spacial score (nSPS) is 10.7. The molecule has 0 fully saturated rings. The van der Waals surface area contributed by atoms with Gasteiger partial charge in [-0.1, -0.05) is 0 Å². The topological polar surface area (TPSA) is 72.9 Å². The summed E-state index contributed by atoms with van der Waals surface area (Å²) in [5.41, 5.74) is 5.08. The molecule has 0 unspecified atom stereocenters. The van der Waals surface area contributed by atoms with Crippen LogP contribution in [-0.4, -0.2) is 15.7 Å². The summed E-state index contributed by atoms with van der Waals surface area (Å²) in [4.78, 5) is 11.8. The summed E-state index contributed by atoms with van der Waals surface area (Å²) in [6, 6.07) is 0.862. The van der Waals surface area contributed by atoms with E-state index in [9.17, 15) is 18.0 Å². The largest absolute Gasteiger partial charge is 0.326 e. The van der Waals surface area contributed by atoms with E-state index in [1.54, 1.807) is 13.2 Å². The molecular weight excluding hydrogens is 273 g/mol. The SMILES string of the molecule is Cn1cc(CN)c(NC(=O)c2c(F)cc(F)cc2F)n1. The number of benzene rings is 1. The zero-order valence-corrected chi connectivity index (χ0v) is 10.5. The number of nitrogens with zero attached hydrogens (tertiary/aromatic N) is 2. The number of carbonyl (C=O) groups is 1. The molecule has 0 saturated carbocycles. The lowest BCUT2D eigenvalue weighted by molar-refractivity contribution is 0.101. The van der Waals surface area contributed by atoms with Crippen LogP contribution in [0.3, 0.4) is 0 Å². The van der Waals surface area contributed by atoms with Gasteiger partial charge < -0.3 is 11.1 Å². The number of carbonyl (C=O) groups excluding carboxylic acids is 1. The zero-order chi connectivity index (χ0) is 14.9. The maximum Gasteiger partial charge on any atom is 0.262 e. The van der Waals surface area contributed by atoms with Gasteiger partial charge in [-0.15, -0.1) is 0 Å². The van der Waals surface area contributed by atoms with Crippen molar-refractivity contribution < 1.29 is 18.0 Å². The van der Waals surface area contributed by atoms with Gasteiger partial charge in [0.05, 0.1) is 0 Å². The smallest absolute Gasteiger partial charge is 0.262 e. The van der Waals surface area contributed by atoms with Crippen molar-refractivity contribution in [2.75, 3.05) is 5.32 Å². The predicted molar refractivity (Wildman–Crippen MR) is 65.4 cm³/mol. The van der Waals surface area contributed by atoms with E-state index in [4.69, 9.17) is 5.73 Å². The minimum Gasteiger partial charge on any atom is -0.326 e. The molecule has 0 spiro atoms. The van der Waals surface area contributed by atoms with E-state index in [0.717, 1.165) is 0 Å². The van der Waals surface area contributed by atoms with Crippen LogP contribution in [0.5, 0.6) is 0 Å². The number of rotatable bonds is 3. The van der Waals surface area contributed by atoms with Gasteiger partial charge in [0.2, 0.25) is 0 Å². The lowest BCUT2D eigenvalue weighted by atomic mass is 10.1. The quantitative estimate of drug-likeness (QED) is 0.898. The Labute approximate surface area is 112 Å². The van der Waals surface area contributed by atoms with Crippen LogP contribution in [0, 0.1) is 17.5 Å².